The van der Waals surface area contributed by atoms with Crippen LogP contribution in [-0.4, -0.2) is 115 Å². The smallest absolute Gasteiger partial charge is 0.164 e. The molecule has 16 heterocycles. The number of aryl methyl sites for hydroxylation is 15. The minimum Gasteiger partial charge on any atom is -0.196 e. The Morgan fingerprint density at radius 2 is 0.363 bits per heavy atom. The van der Waals surface area contributed by atoms with Gasteiger partial charge in [-0.15, -0.1) is 0 Å². The summed E-state index contributed by atoms with van der Waals surface area (Å²) >= 11 is 0. The highest BCUT2D eigenvalue weighted by atomic mass is 15.5. The van der Waals surface area contributed by atoms with Crippen LogP contribution in [0.3, 0.4) is 0 Å². The molecule has 24 heteroatoms. The van der Waals surface area contributed by atoms with Crippen molar-refractivity contribution in [1.29, 1.82) is 0 Å². The molecule has 3 aliphatic rings. The van der Waals surface area contributed by atoms with E-state index in [1.54, 1.807) is 0 Å². The lowest BCUT2D eigenvalue weighted by Crippen LogP contribution is -2.08. The number of rotatable bonds is 9. The quantitative estimate of drug-likeness (QED) is 0.132. The fourth-order valence-electron chi connectivity index (χ4n) is 21.2. The van der Waals surface area contributed by atoms with Crippen molar-refractivity contribution < 1.29 is 0 Å². The molecule has 25 aromatic rings. The molecule has 0 spiro atoms. The Morgan fingerprint density at radius 1 is 0.170 bits per heavy atom. The number of aromatic nitrogens is 24. The fourth-order valence-corrected chi connectivity index (χ4v) is 21.2. The molecule has 0 N–H and O–H groups in total. The normalized spacial score (nSPS) is 13.3. The topological polar surface area (TPSA) is 208 Å². The predicted molar refractivity (Wildman–Crippen MR) is 532 cm³/mol. The number of hydrogen-bond acceptors (Lipinski definition) is 12. The van der Waals surface area contributed by atoms with E-state index in [0.717, 1.165) is 191 Å². The molecule has 0 saturated heterocycles. The molecule has 0 unspecified atom stereocenters. The Kier molecular flexibility index (Phi) is 19.1. The highest BCUT2D eigenvalue weighted by molar-refractivity contribution is 5.83. The van der Waals surface area contributed by atoms with Crippen molar-refractivity contribution in [2.75, 3.05) is 0 Å². The molecule has 16 aromatic heterocycles. The van der Waals surface area contributed by atoms with Gasteiger partial charge in [0, 0.05) is 121 Å². The summed E-state index contributed by atoms with van der Waals surface area (Å²) in [4.78, 5) is 0. The zero-order valence-electron chi connectivity index (χ0n) is 76.7. The molecule has 0 bridgehead atoms. The van der Waals surface area contributed by atoms with Crippen molar-refractivity contribution in [2.45, 2.75) is 139 Å². The van der Waals surface area contributed by atoms with Crippen LogP contribution >= 0.6 is 0 Å². The van der Waals surface area contributed by atoms with Gasteiger partial charge in [0.15, 0.2) is 67.8 Å². The highest BCUT2D eigenvalue weighted by Crippen LogP contribution is 2.40. The van der Waals surface area contributed by atoms with Gasteiger partial charge < -0.3 is 0 Å². The van der Waals surface area contributed by atoms with Gasteiger partial charge in [-0.1, -0.05) is 218 Å². The molecule has 0 amide bonds. The summed E-state index contributed by atoms with van der Waals surface area (Å²) in [7, 11) is 0. The molecule has 660 valence electrons. The van der Waals surface area contributed by atoms with Gasteiger partial charge >= 0.3 is 0 Å². The van der Waals surface area contributed by atoms with E-state index in [9.17, 15) is 0 Å². The first-order valence-electron chi connectivity index (χ1n) is 47.0. The van der Waals surface area contributed by atoms with Crippen LogP contribution in [0, 0.1) is 62.3 Å². The molecule has 0 fully saturated rings. The predicted octanol–water partition coefficient (Wildman–Crippen LogP) is 22.9. The maximum atomic E-state index is 5.15. The first-order valence-corrected chi connectivity index (χ1v) is 47.0. The van der Waals surface area contributed by atoms with Gasteiger partial charge in [0.2, 0.25) is 0 Å². The van der Waals surface area contributed by atoms with E-state index in [1.165, 1.54) is 139 Å². The zero-order chi connectivity index (χ0) is 90.7. The van der Waals surface area contributed by atoms with Crippen LogP contribution in [-0.2, 0) is 38.5 Å². The largest absolute Gasteiger partial charge is 0.196 e. The minimum absolute atomic E-state index is 0.887. The van der Waals surface area contributed by atoms with Crippen LogP contribution in [0.1, 0.15) is 122 Å². The first-order chi connectivity index (χ1) is 66.1. The van der Waals surface area contributed by atoms with Crippen LogP contribution in [0.4, 0.5) is 0 Å². The lowest BCUT2D eigenvalue weighted by molar-refractivity contribution is 0.671. The molecule has 28 rings (SSSR count). The summed E-state index contributed by atoms with van der Waals surface area (Å²) in [6.07, 6.45) is 14.2. The molecule has 0 saturated carbocycles. The lowest BCUT2D eigenvalue weighted by Gasteiger charge is -2.11. The summed E-state index contributed by atoms with van der Waals surface area (Å²) in [6.45, 7) is 19.2. The Bertz CT molecular complexity index is 7860. The van der Waals surface area contributed by atoms with Crippen molar-refractivity contribution in [1.82, 2.24) is 115 Å². The second-order valence-electron chi connectivity index (χ2n) is 36.6. The van der Waals surface area contributed by atoms with Crippen molar-refractivity contribution in [3.05, 3.63) is 357 Å². The van der Waals surface area contributed by atoms with Crippen LogP contribution in [0.2, 0.25) is 0 Å². The number of fused-ring (bicyclic) bond motifs is 30. The van der Waals surface area contributed by atoms with Crippen LogP contribution in [0.15, 0.2) is 273 Å². The second-order valence-corrected chi connectivity index (χ2v) is 36.6. The van der Waals surface area contributed by atoms with Gasteiger partial charge in [-0.05, 0) is 189 Å². The van der Waals surface area contributed by atoms with E-state index in [4.69, 9.17) is 61.2 Å². The van der Waals surface area contributed by atoms with E-state index >= 15 is 0 Å². The number of hydrogen-bond donors (Lipinski definition) is 0. The van der Waals surface area contributed by atoms with Gasteiger partial charge in [0.05, 0.1) is 68.3 Å². The summed E-state index contributed by atoms with van der Waals surface area (Å²) in [6, 6.07) is 93.8. The highest BCUT2D eigenvalue weighted by Gasteiger charge is 2.32. The fraction of sp³-hybridized carbons (Fsp3) is 0.189. The SMILES string of the molecule is C1CCc2c(nn3c2n2nc4c(c2n2nc5c(c32)CCCC5)CCCC4)C1.Cc1cccc(C)c1-c1cc2n(n1)c1cc(-c3c(C)cccc3C)nn1c1cc(-c3c(C)cccc3C)nn21.Cc1ccccc1-c1cc2n(n1)c1cc(-c3ccccc3C)nn1c1cc(-c3ccccc3C)nn21.c1ccc(-c2cc3n(n2)c2cc(-c4ccccc4)nn2c2cc(-c4ccccc4)nn32)cc1. The monoisotopic (exact) mass is 1760 g/mol. The third-order valence-corrected chi connectivity index (χ3v) is 27.8. The van der Waals surface area contributed by atoms with Crippen molar-refractivity contribution in [3.63, 3.8) is 0 Å². The number of nitrogens with zero attached hydrogens (tertiary/aromatic N) is 24. The van der Waals surface area contributed by atoms with E-state index in [0.29, 0.717) is 0 Å². The number of benzene rings is 9. The van der Waals surface area contributed by atoms with E-state index in [-0.39, 0.29) is 0 Å². The standard InChI is InChI=1S/C33H30N6.C30H24N6.C27H18N6.C21H24N6/c1-19-10-7-11-20(2)31(19)25-16-28-37(34-25)29-17-26(32-21(3)12-8-13-22(32)4)36-39(29)30-18-27(35-38(28)30)33-23(5)14-9-15-24(33)6;1-19-10-4-7-13-22(19)25-16-28-34(31-25)29-17-26(23-14-8-5-11-20(23)2)33-36(29)30-18-27(32-35(28)30)24-15-9-6-12-21(24)3;1-4-10-19(11-5-1)22-16-25-31(28-22)26-17-23(20-12-6-2-7-13-20)30-33(26)27-18-24(29-32(25)27)21-14-8-3-9-15-21;1-4-10-16-13(7-1)19-25(22-16)20-15-9-3-6-12-18(15)24-27(20)21-14-8-2-5-11-17(14)23-26(19)21/h7-18H,1-6H3;4-18H,1-3H3;1-18H;1-12H2. The first kappa shape index (κ1) is 80.6. The summed E-state index contributed by atoms with van der Waals surface area (Å²) in [5.41, 5.74) is 48.8. The van der Waals surface area contributed by atoms with Gasteiger partial charge in [-0.25, -0.2) is 0 Å². The molecule has 3 aliphatic carbocycles. The third kappa shape index (κ3) is 13.3. The maximum Gasteiger partial charge on any atom is 0.164 e. The maximum absolute atomic E-state index is 5.15. The molecule has 24 nitrogen and oxygen atoms in total. The molecular formula is C111H96N24. The molecule has 0 aliphatic heterocycles. The Labute approximate surface area is 775 Å². The Hall–Kier alpha value is -16.5. The van der Waals surface area contributed by atoms with Crippen LogP contribution in [0.5, 0.6) is 0 Å². The van der Waals surface area contributed by atoms with Gasteiger partial charge in [-0.2, -0.15) is 115 Å². The summed E-state index contributed by atoms with van der Waals surface area (Å²) in [5.74, 6) is 0. The van der Waals surface area contributed by atoms with Crippen LogP contribution in [0.25, 0.3) is 169 Å². The molecule has 9 aromatic carbocycles. The average Bonchev–Trinajstić information content (AvgIpc) is 1.54. The van der Waals surface area contributed by atoms with Crippen LogP contribution < -0.4 is 0 Å². The Morgan fingerprint density at radius 3 is 0.607 bits per heavy atom. The minimum atomic E-state index is 0.887. The summed E-state index contributed by atoms with van der Waals surface area (Å²) < 4.78 is 24.2. The molecular weight excluding hydrogens is 1670 g/mol. The lowest BCUT2D eigenvalue weighted by atomic mass is 9.97. The van der Waals surface area contributed by atoms with E-state index < -0.39 is 0 Å². The zero-order valence-corrected chi connectivity index (χ0v) is 76.7. The Balaban J connectivity index is 0.0000000967. The van der Waals surface area contributed by atoms with E-state index in [2.05, 4.69) is 294 Å². The second kappa shape index (κ2) is 31.9. The van der Waals surface area contributed by atoms with Crippen molar-refractivity contribution in [2.24, 2.45) is 0 Å². The van der Waals surface area contributed by atoms with E-state index in [1.807, 2.05) is 95.2 Å². The molecule has 0 radical (unpaired) electrons. The third-order valence-electron chi connectivity index (χ3n) is 27.8. The van der Waals surface area contributed by atoms with Gasteiger partial charge in [-0.3, -0.25) is 0 Å². The average molecular weight is 1770 g/mol. The van der Waals surface area contributed by atoms with Gasteiger partial charge in [0.1, 0.15) is 0 Å². The summed E-state index contributed by atoms with van der Waals surface area (Å²) in [5, 5.41) is 60.8. The van der Waals surface area contributed by atoms with Gasteiger partial charge in [0.25, 0.3) is 0 Å². The molecule has 135 heavy (non-hydrogen) atoms. The molecule has 0 atom stereocenters. The van der Waals surface area contributed by atoms with Crippen molar-refractivity contribution in [3.8, 4) is 101 Å². The van der Waals surface area contributed by atoms with Crippen molar-refractivity contribution >= 4 is 67.8 Å².